The molecule has 1 atom stereocenters. The molecule has 0 spiro atoms. The van der Waals surface area contributed by atoms with Crippen molar-refractivity contribution in [3.63, 3.8) is 0 Å². The van der Waals surface area contributed by atoms with Crippen LogP contribution in [-0.2, 0) is 4.79 Å². The molecule has 25 heavy (non-hydrogen) atoms. The summed E-state index contributed by atoms with van der Waals surface area (Å²) in [4.78, 5) is 24.9. The molecule has 0 aromatic heterocycles. The summed E-state index contributed by atoms with van der Waals surface area (Å²) >= 11 is 0. The Bertz CT molecular complexity index is 754. The minimum absolute atomic E-state index is 0.263. The molecule has 0 radical (unpaired) electrons. The number of carbonyl (C=O) groups is 2. The van der Waals surface area contributed by atoms with Crippen LogP contribution in [0.15, 0.2) is 48.5 Å². The molecule has 0 aliphatic heterocycles. The summed E-state index contributed by atoms with van der Waals surface area (Å²) in [6, 6.07) is 14.1. The van der Waals surface area contributed by atoms with E-state index in [4.69, 9.17) is 10.5 Å². The molecule has 2 aromatic rings. The van der Waals surface area contributed by atoms with Crippen molar-refractivity contribution in [3.05, 3.63) is 59.7 Å². The Labute approximate surface area is 148 Å². The molecule has 0 aliphatic rings. The van der Waals surface area contributed by atoms with Gasteiger partial charge < -0.3 is 15.4 Å². The van der Waals surface area contributed by atoms with Crippen LogP contribution in [0.2, 0.25) is 0 Å². The first-order chi connectivity index (χ1) is 11.8. The van der Waals surface area contributed by atoms with Crippen LogP contribution in [0.5, 0.6) is 11.5 Å². The summed E-state index contributed by atoms with van der Waals surface area (Å²) in [6.45, 7) is 5.82. The molecule has 0 aliphatic carbocycles. The standard InChI is InChI=1S/C20H24N2O3/c1-13(2)17-7-5-6-8-18(17)25-16-11-9-15(10-12-16)20(24)22(4)14(3)19(21)23/h5-14H,1-4H3,(H2,21,23). The lowest BCUT2D eigenvalue weighted by Gasteiger charge is -2.22. The highest BCUT2D eigenvalue weighted by Crippen LogP contribution is 2.30. The van der Waals surface area contributed by atoms with Crippen molar-refractivity contribution >= 4 is 11.8 Å². The van der Waals surface area contributed by atoms with E-state index in [1.165, 1.54) is 4.90 Å². The average Bonchev–Trinajstić information content (AvgIpc) is 2.60. The molecule has 0 saturated heterocycles. The molecule has 2 rings (SSSR count). The first kappa shape index (κ1) is 18.5. The molecule has 1 unspecified atom stereocenters. The normalized spacial score (nSPS) is 11.9. The highest BCUT2D eigenvalue weighted by molar-refractivity contribution is 5.97. The number of nitrogens with two attached hydrogens (primary N) is 1. The molecule has 5 heteroatoms. The molecule has 132 valence electrons. The Hall–Kier alpha value is -2.82. The van der Waals surface area contributed by atoms with Crippen LogP contribution in [0, 0.1) is 0 Å². The van der Waals surface area contributed by atoms with E-state index in [2.05, 4.69) is 13.8 Å². The number of primary amides is 1. The fourth-order valence-corrected chi connectivity index (χ4v) is 2.41. The van der Waals surface area contributed by atoms with Crippen LogP contribution < -0.4 is 10.5 Å². The van der Waals surface area contributed by atoms with Gasteiger partial charge >= 0.3 is 0 Å². The van der Waals surface area contributed by atoms with Gasteiger partial charge in [0, 0.05) is 12.6 Å². The number of carbonyl (C=O) groups excluding carboxylic acids is 2. The Kier molecular flexibility index (Phi) is 5.80. The fourth-order valence-electron chi connectivity index (χ4n) is 2.41. The van der Waals surface area contributed by atoms with Gasteiger partial charge in [0.1, 0.15) is 17.5 Å². The number of para-hydroxylation sites is 1. The van der Waals surface area contributed by atoms with Crippen molar-refractivity contribution in [3.8, 4) is 11.5 Å². The van der Waals surface area contributed by atoms with E-state index >= 15 is 0 Å². The summed E-state index contributed by atoms with van der Waals surface area (Å²) < 4.78 is 5.95. The van der Waals surface area contributed by atoms with Gasteiger partial charge in [-0.3, -0.25) is 9.59 Å². The summed E-state index contributed by atoms with van der Waals surface area (Å²) in [5, 5.41) is 0. The molecule has 0 saturated carbocycles. The minimum Gasteiger partial charge on any atom is -0.457 e. The van der Waals surface area contributed by atoms with Crippen molar-refractivity contribution in [2.75, 3.05) is 7.05 Å². The maximum Gasteiger partial charge on any atom is 0.254 e. The summed E-state index contributed by atoms with van der Waals surface area (Å²) in [6.07, 6.45) is 0. The maximum atomic E-state index is 12.4. The SMILES string of the molecule is CC(C)c1ccccc1Oc1ccc(C(=O)N(C)C(C)C(N)=O)cc1. The van der Waals surface area contributed by atoms with Gasteiger partial charge in [0.15, 0.2) is 0 Å². The monoisotopic (exact) mass is 340 g/mol. The van der Waals surface area contributed by atoms with Crippen LogP contribution in [-0.4, -0.2) is 29.8 Å². The van der Waals surface area contributed by atoms with Crippen molar-refractivity contribution in [1.82, 2.24) is 4.90 Å². The Morgan fingerprint density at radius 3 is 2.16 bits per heavy atom. The van der Waals surface area contributed by atoms with Gasteiger partial charge in [-0.05, 0) is 48.7 Å². The molecule has 0 bridgehead atoms. The number of ether oxygens (including phenoxy) is 1. The summed E-state index contributed by atoms with van der Waals surface area (Å²) in [5.41, 5.74) is 6.84. The molecule has 5 nitrogen and oxygen atoms in total. The van der Waals surface area contributed by atoms with Gasteiger partial charge in [-0.25, -0.2) is 0 Å². The van der Waals surface area contributed by atoms with E-state index in [1.807, 2.05) is 24.3 Å². The number of benzene rings is 2. The lowest BCUT2D eigenvalue weighted by molar-refractivity contribution is -0.121. The van der Waals surface area contributed by atoms with E-state index in [0.717, 1.165) is 11.3 Å². The van der Waals surface area contributed by atoms with Crippen LogP contribution in [0.3, 0.4) is 0 Å². The number of rotatable bonds is 6. The molecule has 0 heterocycles. The van der Waals surface area contributed by atoms with Gasteiger partial charge in [0.25, 0.3) is 5.91 Å². The second-order valence-corrected chi connectivity index (χ2v) is 6.31. The van der Waals surface area contributed by atoms with Crippen LogP contribution in [0.1, 0.15) is 42.6 Å². The third kappa shape index (κ3) is 4.38. The molecule has 2 aromatic carbocycles. The number of hydrogen-bond acceptors (Lipinski definition) is 3. The molecular weight excluding hydrogens is 316 g/mol. The average molecular weight is 340 g/mol. The number of likely N-dealkylation sites (N-methyl/N-ethyl adjacent to an activating group) is 1. The van der Waals surface area contributed by atoms with Crippen molar-refractivity contribution in [2.24, 2.45) is 5.73 Å². The lowest BCUT2D eigenvalue weighted by atomic mass is 10.0. The van der Waals surface area contributed by atoms with E-state index in [1.54, 1.807) is 38.2 Å². The van der Waals surface area contributed by atoms with Crippen molar-refractivity contribution in [1.29, 1.82) is 0 Å². The van der Waals surface area contributed by atoms with E-state index in [9.17, 15) is 9.59 Å². The highest BCUT2D eigenvalue weighted by atomic mass is 16.5. The quantitative estimate of drug-likeness (QED) is 0.874. The van der Waals surface area contributed by atoms with Gasteiger partial charge in [-0.2, -0.15) is 0 Å². The van der Waals surface area contributed by atoms with Gasteiger partial charge in [0.05, 0.1) is 0 Å². The predicted molar refractivity (Wildman–Crippen MR) is 97.8 cm³/mol. The van der Waals surface area contributed by atoms with Crippen LogP contribution in [0.25, 0.3) is 0 Å². The maximum absolute atomic E-state index is 12.4. The number of nitrogens with zero attached hydrogens (tertiary/aromatic N) is 1. The third-order valence-electron chi connectivity index (χ3n) is 4.18. The largest absolute Gasteiger partial charge is 0.457 e. The van der Waals surface area contributed by atoms with E-state index in [0.29, 0.717) is 17.2 Å². The molecule has 2 amide bonds. The number of amides is 2. The second kappa shape index (κ2) is 7.83. The summed E-state index contributed by atoms with van der Waals surface area (Å²) in [7, 11) is 1.56. The topological polar surface area (TPSA) is 72.6 Å². The number of hydrogen-bond donors (Lipinski definition) is 1. The highest BCUT2D eigenvalue weighted by Gasteiger charge is 2.21. The minimum atomic E-state index is -0.665. The zero-order chi connectivity index (χ0) is 18.6. The smallest absolute Gasteiger partial charge is 0.254 e. The molecular formula is C20H24N2O3. The fraction of sp³-hybridized carbons (Fsp3) is 0.300. The van der Waals surface area contributed by atoms with Crippen molar-refractivity contribution in [2.45, 2.75) is 32.7 Å². The van der Waals surface area contributed by atoms with Crippen LogP contribution in [0.4, 0.5) is 0 Å². The van der Waals surface area contributed by atoms with Gasteiger partial charge in [-0.1, -0.05) is 32.0 Å². The van der Waals surface area contributed by atoms with Gasteiger partial charge in [-0.15, -0.1) is 0 Å². The van der Waals surface area contributed by atoms with E-state index < -0.39 is 11.9 Å². The second-order valence-electron chi connectivity index (χ2n) is 6.31. The van der Waals surface area contributed by atoms with Gasteiger partial charge in [0.2, 0.25) is 5.91 Å². The van der Waals surface area contributed by atoms with Crippen LogP contribution >= 0.6 is 0 Å². The molecule has 2 N–H and O–H groups in total. The zero-order valence-corrected chi connectivity index (χ0v) is 15.0. The third-order valence-corrected chi connectivity index (χ3v) is 4.18. The molecule has 0 fully saturated rings. The lowest BCUT2D eigenvalue weighted by Crippen LogP contribution is -2.43. The van der Waals surface area contributed by atoms with E-state index in [-0.39, 0.29) is 5.91 Å². The zero-order valence-electron chi connectivity index (χ0n) is 15.0. The van der Waals surface area contributed by atoms with Crippen molar-refractivity contribution < 1.29 is 14.3 Å². The first-order valence-corrected chi connectivity index (χ1v) is 8.24. The Balaban J connectivity index is 2.15. The Morgan fingerprint density at radius 1 is 1.00 bits per heavy atom. The Morgan fingerprint density at radius 2 is 1.60 bits per heavy atom. The predicted octanol–water partition coefficient (Wildman–Crippen LogP) is 3.55. The first-order valence-electron chi connectivity index (χ1n) is 8.24. The summed E-state index contributed by atoms with van der Waals surface area (Å²) in [5.74, 6) is 0.994.